The fraction of sp³-hybridized carbons (Fsp3) is 0. The summed E-state index contributed by atoms with van der Waals surface area (Å²) < 4.78 is 5.58. The van der Waals surface area contributed by atoms with Crippen molar-refractivity contribution in [3.63, 3.8) is 0 Å². The minimum absolute atomic E-state index is 0.00958. The van der Waals surface area contributed by atoms with E-state index in [0.717, 1.165) is 29.0 Å². The highest BCUT2D eigenvalue weighted by Gasteiger charge is 2.19. The van der Waals surface area contributed by atoms with Gasteiger partial charge in [0.05, 0.1) is 50.1 Å². The van der Waals surface area contributed by atoms with E-state index in [0.29, 0.717) is 27.9 Å². The van der Waals surface area contributed by atoms with Crippen LogP contribution in [0.4, 0.5) is 17.1 Å². The molecule has 0 unspecified atom stereocenters. The lowest BCUT2D eigenvalue weighted by atomic mass is 10.0. The number of anilines is 1. The van der Waals surface area contributed by atoms with Gasteiger partial charge >= 0.3 is 11.7 Å². The first kappa shape index (κ1) is 29.3. The van der Waals surface area contributed by atoms with Gasteiger partial charge in [0, 0.05) is 17.2 Å². The molecule has 0 saturated carbocycles. The molecule has 0 spiro atoms. The van der Waals surface area contributed by atoms with Gasteiger partial charge in [-0.25, -0.2) is 14.8 Å². The predicted molar refractivity (Wildman–Crippen MR) is 173 cm³/mol. The van der Waals surface area contributed by atoms with Crippen LogP contribution in [-0.2, 0) is 0 Å². The summed E-state index contributed by atoms with van der Waals surface area (Å²) in [6.07, 6.45) is 1.40. The van der Waals surface area contributed by atoms with E-state index in [9.17, 15) is 25.0 Å². The van der Waals surface area contributed by atoms with E-state index in [-0.39, 0.29) is 11.4 Å². The van der Waals surface area contributed by atoms with Crippen molar-refractivity contribution < 1.29 is 19.4 Å². The lowest BCUT2D eigenvalue weighted by Crippen LogP contribution is -2.09. The van der Waals surface area contributed by atoms with Gasteiger partial charge in [-0.2, -0.15) is 5.10 Å². The molecule has 224 valence electrons. The number of rotatable bonds is 9. The van der Waals surface area contributed by atoms with Crippen LogP contribution in [0.1, 0.15) is 15.9 Å². The molecule has 0 saturated heterocycles. The van der Waals surface area contributed by atoms with E-state index < -0.39 is 27.2 Å². The van der Waals surface area contributed by atoms with Crippen molar-refractivity contribution in [2.45, 2.75) is 0 Å². The Balaban J connectivity index is 1.18. The van der Waals surface area contributed by atoms with Crippen LogP contribution in [0.15, 0.2) is 126 Å². The normalized spacial score (nSPS) is 11.0. The molecule has 1 aromatic heterocycles. The van der Waals surface area contributed by atoms with E-state index in [1.165, 1.54) is 12.3 Å². The third kappa shape index (κ3) is 6.40. The maximum Gasteiger partial charge on any atom is 0.343 e. The Morgan fingerprint density at radius 3 is 1.96 bits per heavy atom. The molecule has 0 atom stereocenters. The number of non-ortho nitro benzene ring substituents is 1. The molecular weight excluding hydrogens is 588 g/mol. The molecule has 0 fully saturated rings. The highest BCUT2D eigenvalue weighted by atomic mass is 16.6. The summed E-state index contributed by atoms with van der Waals surface area (Å²) in [7, 11) is 0. The van der Waals surface area contributed by atoms with E-state index in [2.05, 4.69) is 10.5 Å². The maximum absolute atomic E-state index is 13.1. The molecule has 0 radical (unpaired) electrons. The summed E-state index contributed by atoms with van der Waals surface area (Å²) in [4.78, 5) is 43.6. The monoisotopic (exact) mass is 610 g/mol. The molecule has 1 N–H and O–H groups in total. The molecule has 5 aromatic carbocycles. The zero-order valence-electron chi connectivity index (χ0n) is 23.8. The van der Waals surface area contributed by atoms with Crippen LogP contribution in [0.3, 0.4) is 0 Å². The number of nitro groups is 2. The van der Waals surface area contributed by atoms with E-state index in [1.807, 2.05) is 60.7 Å². The first-order valence-electron chi connectivity index (χ1n) is 13.8. The minimum atomic E-state index is -0.736. The van der Waals surface area contributed by atoms with E-state index in [1.54, 1.807) is 42.5 Å². The molecule has 12 heteroatoms. The fourth-order valence-electron chi connectivity index (χ4n) is 4.62. The van der Waals surface area contributed by atoms with Gasteiger partial charge in [0.2, 0.25) is 0 Å². The summed E-state index contributed by atoms with van der Waals surface area (Å²) >= 11 is 0. The number of carbonyl (C=O) groups excluding carboxylic acids is 1. The van der Waals surface area contributed by atoms with Gasteiger partial charge in [0.1, 0.15) is 11.4 Å². The third-order valence-electron chi connectivity index (χ3n) is 6.87. The number of hydrogen-bond donors (Lipinski definition) is 1. The quantitative estimate of drug-likeness (QED) is 0.0576. The average molecular weight is 611 g/mol. The molecule has 12 nitrogen and oxygen atoms in total. The molecule has 0 aliphatic carbocycles. The zero-order chi connectivity index (χ0) is 32.0. The predicted octanol–water partition coefficient (Wildman–Crippen LogP) is 7.45. The number of fused-ring (bicyclic) bond motifs is 1. The van der Waals surface area contributed by atoms with Crippen molar-refractivity contribution in [2.75, 3.05) is 5.43 Å². The molecule has 6 rings (SSSR count). The summed E-state index contributed by atoms with van der Waals surface area (Å²) in [6, 6.07) is 34.2. The largest absolute Gasteiger partial charge is 0.423 e. The molecule has 0 bridgehead atoms. The van der Waals surface area contributed by atoms with Gasteiger partial charge in [-0.1, -0.05) is 60.7 Å². The number of nitrogens with one attached hydrogen (secondary N) is 1. The van der Waals surface area contributed by atoms with Gasteiger partial charge in [0.15, 0.2) is 0 Å². The van der Waals surface area contributed by atoms with Crippen LogP contribution in [0.2, 0.25) is 0 Å². The fourth-order valence-corrected chi connectivity index (χ4v) is 4.62. The minimum Gasteiger partial charge on any atom is -0.423 e. The van der Waals surface area contributed by atoms with Crippen LogP contribution in [0.5, 0.6) is 5.75 Å². The second-order valence-electron chi connectivity index (χ2n) is 9.90. The Bertz CT molecular complexity index is 2120. The van der Waals surface area contributed by atoms with E-state index >= 15 is 0 Å². The van der Waals surface area contributed by atoms with Crippen LogP contribution in [0.25, 0.3) is 33.5 Å². The van der Waals surface area contributed by atoms with Crippen molar-refractivity contribution in [1.29, 1.82) is 0 Å². The van der Waals surface area contributed by atoms with Gasteiger partial charge in [0.25, 0.3) is 5.69 Å². The summed E-state index contributed by atoms with van der Waals surface area (Å²) in [6.45, 7) is 0. The Morgan fingerprint density at radius 2 is 1.35 bits per heavy atom. The number of aromatic nitrogens is 2. The van der Waals surface area contributed by atoms with Crippen molar-refractivity contribution >= 4 is 40.3 Å². The van der Waals surface area contributed by atoms with Crippen LogP contribution >= 0.6 is 0 Å². The number of carbonyl (C=O) groups is 1. The van der Waals surface area contributed by atoms with Crippen molar-refractivity contribution in [2.24, 2.45) is 5.10 Å². The van der Waals surface area contributed by atoms with Crippen molar-refractivity contribution in [3.05, 3.63) is 153 Å². The maximum atomic E-state index is 13.1. The summed E-state index contributed by atoms with van der Waals surface area (Å²) in [5.74, 6) is -0.289. The number of benzene rings is 5. The highest BCUT2D eigenvalue weighted by Crippen LogP contribution is 2.32. The number of hydrazone groups is 1. The second kappa shape index (κ2) is 12.8. The molecule has 0 amide bonds. The Kier molecular flexibility index (Phi) is 8.15. The SMILES string of the molecule is O=C(Oc1ccc(/C=N\Nc2ccc([N+](=O)[O-])cc2[N+](=O)[O-])cc1)c1ccc2nc(-c3ccccc3)c(-c3ccccc3)nc2c1. The van der Waals surface area contributed by atoms with E-state index in [4.69, 9.17) is 14.7 Å². The number of hydrogen-bond acceptors (Lipinski definition) is 10. The smallest absolute Gasteiger partial charge is 0.343 e. The van der Waals surface area contributed by atoms with Gasteiger partial charge in [-0.05, 0) is 54.1 Å². The first-order valence-corrected chi connectivity index (χ1v) is 13.8. The summed E-state index contributed by atoms with van der Waals surface area (Å²) in [5, 5.41) is 26.2. The molecule has 1 heterocycles. The number of esters is 1. The lowest BCUT2D eigenvalue weighted by molar-refractivity contribution is -0.393. The lowest BCUT2D eigenvalue weighted by Gasteiger charge is -2.11. The second-order valence-corrected chi connectivity index (χ2v) is 9.90. The zero-order valence-corrected chi connectivity index (χ0v) is 23.8. The molecular formula is C34H22N6O6. The third-order valence-corrected chi connectivity index (χ3v) is 6.87. The van der Waals surface area contributed by atoms with Crippen LogP contribution in [-0.4, -0.2) is 32.0 Å². The number of nitrogens with zero attached hydrogens (tertiary/aromatic N) is 5. The molecule has 0 aliphatic rings. The van der Waals surface area contributed by atoms with Crippen molar-refractivity contribution in [3.8, 4) is 28.3 Å². The van der Waals surface area contributed by atoms with Gasteiger partial charge in [-0.3, -0.25) is 25.7 Å². The van der Waals surface area contributed by atoms with Crippen LogP contribution < -0.4 is 10.2 Å². The Hall–Kier alpha value is -6.82. The van der Waals surface area contributed by atoms with Crippen molar-refractivity contribution in [1.82, 2.24) is 9.97 Å². The highest BCUT2D eigenvalue weighted by molar-refractivity contribution is 5.96. The average Bonchev–Trinajstić information content (AvgIpc) is 3.09. The van der Waals surface area contributed by atoms with Crippen LogP contribution in [0, 0.1) is 20.2 Å². The van der Waals surface area contributed by atoms with Gasteiger partial charge in [-0.15, -0.1) is 0 Å². The number of ether oxygens (including phenoxy) is 1. The molecule has 6 aromatic rings. The topological polar surface area (TPSA) is 163 Å². The Morgan fingerprint density at radius 1 is 0.717 bits per heavy atom. The number of nitro benzene ring substituents is 2. The first-order chi connectivity index (χ1) is 22.4. The standard InChI is InChI=1S/C34H22N6O6/c41-34(46-27-15-11-22(12-16-27)21-35-38-29-18-14-26(39(42)43)20-31(29)40(44)45)25-13-17-28-30(19-25)37-33(24-9-5-2-6-10-24)32(36-28)23-7-3-1-4-8-23/h1-21,38H/b35-21-. The van der Waals surface area contributed by atoms with Gasteiger partial charge < -0.3 is 4.74 Å². The molecule has 0 aliphatic heterocycles. The summed E-state index contributed by atoms with van der Waals surface area (Å²) in [5.41, 5.74) is 6.95. The Labute approximate surface area is 261 Å². The molecule has 46 heavy (non-hydrogen) atoms.